The summed E-state index contributed by atoms with van der Waals surface area (Å²) < 4.78 is 5.38. The largest absolute Gasteiger partial charge is 0.465 e. The van der Waals surface area contributed by atoms with Gasteiger partial charge in [-0.15, -0.1) is 0 Å². The van der Waals surface area contributed by atoms with Gasteiger partial charge in [0.2, 0.25) is 0 Å². The first-order chi connectivity index (χ1) is 17.0. The van der Waals surface area contributed by atoms with Gasteiger partial charge in [0, 0.05) is 0 Å². The molecule has 0 saturated heterocycles. The second kappa shape index (κ2) is 12.4. The summed E-state index contributed by atoms with van der Waals surface area (Å²) in [6.45, 7) is 10.7. The third-order valence-corrected chi connectivity index (χ3v) is 9.34. The summed E-state index contributed by atoms with van der Waals surface area (Å²) in [5.41, 5.74) is 1.91. The Hall–Kier alpha value is -1.43. The van der Waals surface area contributed by atoms with Gasteiger partial charge in [-0.25, -0.2) is 0 Å². The molecule has 3 aliphatic rings. The second-order valence-corrected chi connectivity index (χ2v) is 12.5. The molecule has 5 heteroatoms. The standard InChI is InChI=1S/C31H50O5/c1-6-7-17-36-29(35)30(3,4)28(34)15-10-21(2)26-13-14-27-23(9-8-16-31(26,27)5)12-11-22-18-24(32)20-25(33)19-22/h10-12,15,21,24-28,32-34H,6-9,13-14,16-20H2,1-5H3/b15-10+,23-12+/t21-,24-,25-,26-,27+,28+,31-/m1/s1. The first-order valence-corrected chi connectivity index (χ1v) is 14.3. The van der Waals surface area contributed by atoms with Crippen molar-refractivity contribution in [3.63, 3.8) is 0 Å². The number of hydrogen-bond donors (Lipinski definition) is 3. The first kappa shape index (κ1) is 29.1. The summed E-state index contributed by atoms with van der Waals surface area (Å²) >= 11 is 0. The van der Waals surface area contributed by atoms with Crippen molar-refractivity contribution < 1.29 is 24.9 Å². The lowest BCUT2D eigenvalue weighted by molar-refractivity contribution is -0.158. The van der Waals surface area contributed by atoms with Crippen molar-refractivity contribution in [2.75, 3.05) is 6.61 Å². The molecule has 0 radical (unpaired) electrons. The highest BCUT2D eigenvalue weighted by molar-refractivity contribution is 5.77. The fraction of sp³-hybridized carbons (Fsp3) is 0.774. The van der Waals surface area contributed by atoms with Gasteiger partial charge in [0.05, 0.1) is 30.3 Å². The molecule has 3 rings (SSSR count). The van der Waals surface area contributed by atoms with E-state index in [2.05, 4.69) is 39.0 Å². The van der Waals surface area contributed by atoms with Gasteiger partial charge in [0.15, 0.2) is 0 Å². The highest BCUT2D eigenvalue weighted by atomic mass is 16.5. The fourth-order valence-corrected chi connectivity index (χ4v) is 6.94. The number of hydrogen-bond acceptors (Lipinski definition) is 5. The van der Waals surface area contributed by atoms with Crippen LogP contribution in [0.3, 0.4) is 0 Å². The van der Waals surface area contributed by atoms with Crippen molar-refractivity contribution in [3.05, 3.63) is 35.5 Å². The topological polar surface area (TPSA) is 87.0 Å². The molecule has 3 aliphatic carbocycles. The van der Waals surface area contributed by atoms with Gasteiger partial charge < -0.3 is 20.1 Å². The van der Waals surface area contributed by atoms with E-state index in [1.165, 1.54) is 24.8 Å². The zero-order chi connectivity index (χ0) is 26.5. The molecule has 3 fully saturated rings. The van der Waals surface area contributed by atoms with Crippen LogP contribution in [0.1, 0.15) is 98.8 Å². The smallest absolute Gasteiger partial charge is 0.314 e. The van der Waals surface area contributed by atoms with Gasteiger partial charge in [-0.05, 0) is 94.8 Å². The molecule has 0 unspecified atom stereocenters. The van der Waals surface area contributed by atoms with Crippen molar-refractivity contribution in [1.82, 2.24) is 0 Å². The van der Waals surface area contributed by atoms with Crippen molar-refractivity contribution in [3.8, 4) is 0 Å². The van der Waals surface area contributed by atoms with Gasteiger partial charge in [0.25, 0.3) is 0 Å². The summed E-state index contributed by atoms with van der Waals surface area (Å²) in [6.07, 6.45) is 16.1. The van der Waals surface area contributed by atoms with E-state index in [9.17, 15) is 20.1 Å². The maximum atomic E-state index is 12.5. The number of esters is 1. The summed E-state index contributed by atoms with van der Waals surface area (Å²) in [5.74, 6) is 1.04. The van der Waals surface area contributed by atoms with Gasteiger partial charge in [0.1, 0.15) is 0 Å². The van der Waals surface area contributed by atoms with Crippen LogP contribution in [-0.4, -0.2) is 46.2 Å². The molecule has 3 saturated carbocycles. The Morgan fingerprint density at radius 1 is 1.17 bits per heavy atom. The Morgan fingerprint density at radius 3 is 2.53 bits per heavy atom. The van der Waals surface area contributed by atoms with Crippen LogP contribution in [0.15, 0.2) is 35.5 Å². The summed E-state index contributed by atoms with van der Waals surface area (Å²) in [6, 6.07) is 0. The Labute approximate surface area is 218 Å². The highest BCUT2D eigenvalue weighted by Gasteiger charge is 2.50. The molecule has 0 bridgehead atoms. The van der Waals surface area contributed by atoms with Crippen molar-refractivity contribution >= 4 is 5.97 Å². The second-order valence-electron chi connectivity index (χ2n) is 12.5. The van der Waals surface area contributed by atoms with Crippen LogP contribution >= 0.6 is 0 Å². The molecule has 36 heavy (non-hydrogen) atoms. The van der Waals surface area contributed by atoms with Crippen molar-refractivity contribution in [1.29, 1.82) is 0 Å². The van der Waals surface area contributed by atoms with Gasteiger partial charge in [-0.2, -0.15) is 0 Å². The molecule has 3 N–H and O–H groups in total. The average molecular weight is 503 g/mol. The van der Waals surface area contributed by atoms with Crippen LogP contribution in [0.25, 0.3) is 0 Å². The van der Waals surface area contributed by atoms with Gasteiger partial charge in [-0.1, -0.05) is 62.6 Å². The van der Waals surface area contributed by atoms with Crippen LogP contribution in [0, 0.1) is 28.6 Å². The Morgan fingerprint density at radius 2 is 1.86 bits per heavy atom. The van der Waals surface area contributed by atoms with Crippen molar-refractivity contribution in [2.24, 2.45) is 28.6 Å². The zero-order valence-corrected chi connectivity index (χ0v) is 23.2. The van der Waals surface area contributed by atoms with Crippen LogP contribution in [-0.2, 0) is 9.53 Å². The molecule has 204 valence electrons. The van der Waals surface area contributed by atoms with E-state index in [1.54, 1.807) is 13.8 Å². The van der Waals surface area contributed by atoms with Crippen LogP contribution < -0.4 is 0 Å². The highest BCUT2D eigenvalue weighted by Crippen LogP contribution is 2.59. The number of carbonyl (C=O) groups excluding carboxylic acids is 1. The molecular formula is C31H50O5. The van der Waals surface area contributed by atoms with E-state index in [0.717, 1.165) is 31.3 Å². The molecule has 0 aromatic heterocycles. The Kier molecular flexibility index (Phi) is 10.0. The Bertz CT molecular complexity index is 828. The van der Waals surface area contributed by atoms with Crippen molar-refractivity contribution in [2.45, 2.75) is 117 Å². The number of aliphatic hydroxyl groups is 3. The monoisotopic (exact) mass is 502 g/mol. The number of ether oxygens (including phenoxy) is 1. The summed E-state index contributed by atoms with van der Waals surface area (Å²) in [4.78, 5) is 12.5. The minimum Gasteiger partial charge on any atom is -0.465 e. The quantitative estimate of drug-likeness (QED) is 0.208. The molecule has 5 nitrogen and oxygen atoms in total. The minimum absolute atomic E-state index is 0.220. The fourth-order valence-electron chi connectivity index (χ4n) is 6.94. The number of rotatable bonds is 9. The molecule has 0 aromatic rings. The maximum absolute atomic E-state index is 12.5. The molecule has 0 amide bonds. The predicted molar refractivity (Wildman–Crippen MR) is 144 cm³/mol. The van der Waals surface area contributed by atoms with Crippen LogP contribution in [0.4, 0.5) is 0 Å². The third kappa shape index (κ3) is 6.71. The number of fused-ring (bicyclic) bond motifs is 1. The molecule has 0 heterocycles. The number of allylic oxidation sites excluding steroid dienone is 4. The number of unbranched alkanes of at least 4 members (excludes halogenated alkanes) is 1. The number of aliphatic hydroxyl groups excluding tert-OH is 3. The molecular weight excluding hydrogens is 452 g/mol. The van der Waals surface area contributed by atoms with Gasteiger partial charge >= 0.3 is 5.97 Å². The normalized spacial score (nSPS) is 34.0. The molecule has 0 aliphatic heterocycles. The molecule has 7 atom stereocenters. The lowest BCUT2D eigenvalue weighted by Gasteiger charge is -2.44. The maximum Gasteiger partial charge on any atom is 0.314 e. The van der Waals surface area contributed by atoms with E-state index in [4.69, 9.17) is 4.74 Å². The number of carbonyl (C=O) groups is 1. The third-order valence-electron chi connectivity index (χ3n) is 9.34. The first-order valence-electron chi connectivity index (χ1n) is 14.3. The zero-order valence-electron chi connectivity index (χ0n) is 23.2. The molecule has 0 spiro atoms. The summed E-state index contributed by atoms with van der Waals surface area (Å²) in [5, 5.41) is 30.9. The van der Waals surface area contributed by atoms with E-state index in [1.807, 2.05) is 6.08 Å². The van der Waals surface area contributed by atoms with Gasteiger partial charge in [-0.3, -0.25) is 4.79 Å². The van der Waals surface area contributed by atoms with E-state index < -0.39 is 23.7 Å². The lowest BCUT2D eigenvalue weighted by atomic mass is 9.61. The van der Waals surface area contributed by atoms with Crippen LogP contribution in [0.5, 0.6) is 0 Å². The lowest BCUT2D eigenvalue weighted by Crippen LogP contribution is -2.38. The Balaban J connectivity index is 1.66. The minimum atomic E-state index is -0.972. The average Bonchev–Trinajstić information content (AvgIpc) is 3.18. The van der Waals surface area contributed by atoms with Crippen LogP contribution in [0.2, 0.25) is 0 Å². The van der Waals surface area contributed by atoms with E-state index in [0.29, 0.717) is 43.6 Å². The summed E-state index contributed by atoms with van der Waals surface area (Å²) in [7, 11) is 0. The SMILES string of the molecule is CCCCOC(=O)C(C)(C)[C@@H](O)/C=C/[C@@H](C)[C@H]1CC[C@H]2/C(=C/C=C3C[C@@H](O)C[C@H](O)C3)CCC[C@]12C. The van der Waals surface area contributed by atoms with E-state index >= 15 is 0 Å². The van der Waals surface area contributed by atoms with E-state index in [-0.39, 0.29) is 11.4 Å². The predicted octanol–water partition coefficient (Wildman–Crippen LogP) is 5.88. The molecule has 0 aromatic carbocycles.